The smallest absolute Gasteiger partial charge is 0.119 e. The van der Waals surface area contributed by atoms with Gasteiger partial charge in [-0.3, -0.25) is 4.99 Å². The molecule has 4 heteroatoms. The lowest BCUT2D eigenvalue weighted by Crippen LogP contribution is -2.24. The molecule has 0 aromatic heterocycles. The minimum absolute atomic E-state index is 0.272. The van der Waals surface area contributed by atoms with Gasteiger partial charge in [0.25, 0.3) is 0 Å². The second-order valence-corrected chi connectivity index (χ2v) is 9.23. The number of unbranched alkanes of at least 4 members (excludes halogenated alkanes) is 4. The standard InChI is InChI=1S/C31H45N3O/c1-6-9-10-11-12-21-35-29-19-17-26(18-20-29)30(32)23-34-31(24(4)7-2)27-15-13-25(14-16-27)22-28(8-3)33-5/h8,13-20,23-24,28,33H,3,6-7,9-12,21-22,32H2,1-2,4-5H3/b30-23-,34-31+. The summed E-state index contributed by atoms with van der Waals surface area (Å²) in [6.07, 6.45) is 11.8. The van der Waals surface area contributed by atoms with E-state index in [0.717, 1.165) is 48.5 Å². The zero-order chi connectivity index (χ0) is 25.5. The number of hydrogen-bond donors (Lipinski definition) is 2. The SMILES string of the molecule is C=CC(Cc1ccc(/C(=N/C=C(\N)c2ccc(OCCCCCCC)cc2)C(C)CC)cc1)NC. The molecule has 0 fully saturated rings. The van der Waals surface area contributed by atoms with E-state index in [1.807, 2.05) is 37.4 Å². The fraction of sp³-hybridized carbons (Fsp3) is 0.452. The number of hydrogen-bond acceptors (Lipinski definition) is 4. The molecule has 0 saturated heterocycles. The number of nitrogens with zero attached hydrogens (tertiary/aromatic N) is 1. The molecule has 0 spiro atoms. The summed E-state index contributed by atoms with van der Waals surface area (Å²) < 4.78 is 5.87. The molecule has 0 saturated carbocycles. The van der Waals surface area contributed by atoms with Crippen LogP contribution in [0.15, 0.2) is 72.4 Å². The lowest BCUT2D eigenvalue weighted by atomic mass is 9.94. The molecule has 0 aliphatic heterocycles. The van der Waals surface area contributed by atoms with Crippen molar-refractivity contribution in [3.05, 3.63) is 84.1 Å². The van der Waals surface area contributed by atoms with Gasteiger partial charge in [-0.25, -0.2) is 0 Å². The summed E-state index contributed by atoms with van der Waals surface area (Å²) in [5, 5.41) is 3.26. The molecule has 190 valence electrons. The van der Waals surface area contributed by atoms with Crippen LogP contribution in [0.25, 0.3) is 5.70 Å². The fourth-order valence-corrected chi connectivity index (χ4v) is 3.90. The van der Waals surface area contributed by atoms with E-state index >= 15 is 0 Å². The summed E-state index contributed by atoms with van der Waals surface area (Å²) in [5.41, 5.74) is 11.4. The maximum Gasteiger partial charge on any atom is 0.119 e. The molecule has 2 rings (SSSR count). The van der Waals surface area contributed by atoms with Gasteiger partial charge < -0.3 is 15.8 Å². The summed E-state index contributed by atoms with van der Waals surface area (Å²) >= 11 is 0. The molecule has 2 aromatic rings. The highest BCUT2D eigenvalue weighted by atomic mass is 16.5. The first-order valence-electron chi connectivity index (χ1n) is 13.2. The molecular weight excluding hydrogens is 430 g/mol. The highest BCUT2D eigenvalue weighted by molar-refractivity contribution is 6.02. The lowest BCUT2D eigenvalue weighted by Gasteiger charge is -2.15. The first-order valence-corrected chi connectivity index (χ1v) is 13.2. The fourth-order valence-electron chi connectivity index (χ4n) is 3.90. The number of aliphatic imine (C=N–C) groups is 1. The third-order valence-corrected chi connectivity index (χ3v) is 6.49. The van der Waals surface area contributed by atoms with Gasteiger partial charge >= 0.3 is 0 Å². The second-order valence-electron chi connectivity index (χ2n) is 9.23. The Kier molecular flexibility index (Phi) is 12.9. The van der Waals surface area contributed by atoms with Crippen LogP contribution < -0.4 is 15.8 Å². The van der Waals surface area contributed by atoms with Gasteiger partial charge in [-0.2, -0.15) is 0 Å². The molecule has 0 radical (unpaired) electrons. The summed E-state index contributed by atoms with van der Waals surface area (Å²) in [4.78, 5) is 4.84. The Labute approximate surface area is 213 Å². The Hall–Kier alpha value is -2.85. The van der Waals surface area contributed by atoms with Crippen LogP contribution in [0.5, 0.6) is 5.75 Å². The molecular formula is C31H45N3O. The normalized spacial score (nSPS) is 13.9. The molecule has 0 heterocycles. The van der Waals surface area contributed by atoms with Gasteiger partial charge in [0.2, 0.25) is 0 Å². The Bertz CT molecular complexity index is 929. The first-order chi connectivity index (χ1) is 17.0. The monoisotopic (exact) mass is 475 g/mol. The van der Waals surface area contributed by atoms with Crippen LogP contribution in [0, 0.1) is 5.92 Å². The van der Waals surface area contributed by atoms with Crippen LogP contribution in [0.3, 0.4) is 0 Å². The summed E-state index contributed by atoms with van der Waals surface area (Å²) in [5.74, 6) is 1.22. The van der Waals surface area contributed by atoms with Crippen LogP contribution in [-0.2, 0) is 6.42 Å². The molecule has 35 heavy (non-hydrogen) atoms. The van der Waals surface area contributed by atoms with Crippen molar-refractivity contribution in [2.75, 3.05) is 13.7 Å². The van der Waals surface area contributed by atoms with E-state index < -0.39 is 0 Å². The zero-order valence-corrected chi connectivity index (χ0v) is 22.2. The molecule has 0 amide bonds. The van der Waals surface area contributed by atoms with Gasteiger partial charge in [0.05, 0.1) is 24.2 Å². The number of benzene rings is 2. The minimum Gasteiger partial charge on any atom is -0.494 e. The van der Waals surface area contributed by atoms with E-state index in [0.29, 0.717) is 11.6 Å². The number of rotatable bonds is 16. The highest BCUT2D eigenvalue weighted by Gasteiger charge is 2.12. The maximum atomic E-state index is 6.39. The maximum absolute atomic E-state index is 6.39. The van der Waals surface area contributed by atoms with E-state index in [9.17, 15) is 0 Å². The quantitative estimate of drug-likeness (QED) is 0.154. The Balaban J connectivity index is 2.07. The average molecular weight is 476 g/mol. The van der Waals surface area contributed by atoms with Gasteiger partial charge in [-0.15, -0.1) is 6.58 Å². The van der Waals surface area contributed by atoms with Crippen molar-refractivity contribution in [1.82, 2.24) is 5.32 Å². The topological polar surface area (TPSA) is 59.6 Å². The minimum atomic E-state index is 0.272. The summed E-state index contributed by atoms with van der Waals surface area (Å²) in [6.45, 7) is 11.3. The van der Waals surface area contributed by atoms with Crippen LogP contribution in [0.1, 0.15) is 76.0 Å². The molecule has 2 aromatic carbocycles. The van der Waals surface area contributed by atoms with Crippen LogP contribution in [0.2, 0.25) is 0 Å². The van der Waals surface area contributed by atoms with Crippen molar-refractivity contribution in [3.63, 3.8) is 0 Å². The van der Waals surface area contributed by atoms with Crippen LogP contribution in [0.4, 0.5) is 0 Å². The lowest BCUT2D eigenvalue weighted by molar-refractivity contribution is 0.304. The van der Waals surface area contributed by atoms with Crippen molar-refractivity contribution in [2.45, 2.75) is 71.8 Å². The first kappa shape index (κ1) is 28.4. The van der Waals surface area contributed by atoms with Crippen molar-refractivity contribution >= 4 is 11.4 Å². The molecule has 0 aliphatic carbocycles. The van der Waals surface area contributed by atoms with Crippen LogP contribution >= 0.6 is 0 Å². The average Bonchev–Trinajstić information content (AvgIpc) is 2.90. The van der Waals surface area contributed by atoms with Crippen molar-refractivity contribution in [2.24, 2.45) is 16.6 Å². The zero-order valence-electron chi connectivity index (χ0n) is 22.2. The predicted octanol–water partition coefficient (Wildman–Crippen LogP) is 7.14. The molecule has 0 bridgehead atoms. The van der Waals surface area contributed by atoms with Gasteiger partial charge in [0.15, 0.2) is 0 Å². The molecule has 4 nitrogen and oxygen atoms in total. The summed E-state index contributed by atoms with van der Waals surface area (Å²) in [7, 11) is 1.96. The molecule has 2 unspecified atom stereocenters. The van der Waals surface area contributed by atoms with Crippen LogP contribution in [-0.4, -0.2) is 25.4 Å². The van der Waals surface area contributed by atoms with Gasteiger partial charge in [0, 0.05) is 6.04 Å². The van der Waals surface area contributed by atoms with Gasteiger partial charge in [0.1, 0.15) is 5.75 Å². The largest absolute Gasteiger partial charge is 0.494 e. The van der Waals surface area contributed by atoms with Gasteiger partial charge in [-0.05, 0) is 73.2 Å². The van der Waals surface area contributed by atoms with E-state index in [-0.39, 0.29) is 6.04 Å². The highest BCUT2D eigenvalue weighted by Crippen LogP contribution is 2.19. The molecule has 0 aliphatic rings. The number of nitrogens with two attached hydrogens (primary N) is 1. The third-order valence-electron chi connectivity index (χ3n) is 6.49. The second kappa shape index (κ2) is 15.9. The Morgan fingerprint density at radius 1 is 1.00 bits per heavy atom. The van der Waals surface area contributed by atoms with E-state index in [1.165, 1.54) is 31.2 Å². The number of ether oxygens (including phenoxy) is 1. The number of likely N-dealkylation sites (N-methyl/N-ethyl adjacent to an activating group) is 1. The van der Waals surface area contributed by atoms with Crippen molar-refractivity contribution in [3.8, 4) is 5.75 Å². The predicted molar refractivity (Wildman–Crippen MR) is 152 cm³/mol. The Morgan fingerprint density at radius 3 is 2.26 bits per heavy atom. The number of nitrogens with one attached hydrogen (secondary N) is 1. The van der Waals surface area contributed by atoms with Crippen molar-refractivity contribution < 1.29 is 4.74 Å². The van der Waals surface area contributed by atoms with E-state index in [2.05, 4.69) is 56.9 Å². The summed E-state index contributed by atoms with van der Waals surface area (Å²) in [6, 6.07) is 16.9. The molecule has 2 atom stereocenters. The van der Waals surface area contributed by atoms with Gasteiger partial charge in [-0.1, -0.05) is 76.8 Å². The molecule has 3 N–H and O–H groups in total. The van der Waals surface area contributed by atoms with E-state index in [1.54, 1.807) is 6.20 Å². The van der Waals surface area contributed by atoms with Crippen molar-refractivity contribution in [1.29, 1.82) is 0 Å². The van der Waals surface area contributed by atoms with E-state index in [4.69, 9.17) is 15.5 Å². The Morgan fingerprint density at radius 2 is 1.66 bits per heavy atom. The third kappa shape index (κ3) is 9.73.